The lowest BCUT2D eigenvalue weighted by atomic mass is 9.99. The van der Waals surface area contributed by atoms with Crippen molar-refractivity contribution in [2.75, 3.05) is 0 Å². The van der Waals surface area contributed by atoms with E-state index in [0.29, 0.717) is 13.4 Å². The Morgan fingerprint density at radius 2 is 1.73 bits per heavy atom. The van der Waals surface area contributed by atoms with Crippen LogP contribution in [0.1, 0.15) is 0 Å². The highest BCUT2D eigenvalue weighted by Crippen LogP contribution is 2.37. The van der Waals surface area contributed by atoms with Crippen LogP contribution in [-0.2, 0) is 0 Å². The summed E-state index contributed by atoms with van der Waals surface area (Å²) < 4.78 is 11.0. The van der Waals surface area contributed by atoms with Gasteiger partial charge in [-0.05, 0) is 35.4 Å². The molecule has 105 valence electrons. The summed E-state index contributed by atoms with van der Waals surface area (Å²) in [6.07, 6.45) is 0. The molecule has 4 heteroatoms. The predicted molar refractivity (Wildman–Crippen MR) is 87.8 cm³/mol. The van der Waals surface area contributed by atoms with Gasteiger partial charge in [0.2, 0.25) is 0 Å². The van der Waals surface area contributed by atoms with Crippen molar-refractivity contribution in [2.24, 2.45) is 0 Å². The van der Waals surface area contributed by atoms with Crippen molar-refractivity contribution >= 4 is 29.6 Å². The average molecular weight is 287 g/mol. The molecule has 1 heterocycles. The lowest BCUT2D eigenvalue weighted by molar-refractivity contribution is 0.454. The molecule has 1 N–H and O–H groups in total. The molecule has 1 aromatic heterocycles. The molecular weight excluding hydrogens is 275 g/mol. The number of rotatable bonds is 3. The van der Waals surface area contributed by atoms with Crippen LogP contribution in [-0.4, -0.2) is 12.7 Å². The molecule has 22 heavy (non-hydrogen) atoms. The monoisotopic (exact) mass is 287 g/mol. The fourth-order valence-electron chi connectivity index (χ4n) is 2.80. The topological polar surface area (TPSA) is 42.6 Å². The Kier molecular flexibility index (Phi) is 3.09. The molecule has 3 aromatic carbocycles. The zero-order valence-corrected chi connectivity index (χ0v) is 11.7. The molecule has 0 aliphatic heterocycles. The van der Waals surface area contributed by atoms with E-state index >= 15 is 0 Å². The van der Waals surface area contributed by atoms with Crippen LogP contribution in [0, 0.1) is 0 Å². The lowest BCUT2D eigenvalue weighted by Crippen LogP contribution is -1.99. The maximum Gasteiger partial charge on any atom is 0.569 e. The van der Waals surface area contributed by atoms with Gasteiger partial charge in [0.1, 0.15) is 16.9 Å². The van der Waals surface area contributed by atoms with E-state index in [0.717, 1.165) is 33.1 Å². The Bertz CT molecular complexity index is 945. The molecule has 0 unspecified atom stereocenters. The van der Waals surface area contributed by atoms with Crippen LogP contribution in [0.3, 0.4) is 0 Å². The summed E-state index contributed by atoms with van der Waals surface area (Å²) >= 11 is 0. The first-order valence-electron chi connectivity index (χ1n) is 7.00. The van der Waals surface area contributed by atoms with E-state index in [-0.39, 0.29) is 0 Å². The van der Waals surface area contributed by atoms with E-state index in [1.807, 2.05) is 42.5 Å². The summed E-state index contributed by atoms with van der Waals surface area (Å²) in [5, 5.41) is 10.8. The predicted octanol–water partition coefficient (Wildman–Crippen LogP) is 4.16. The van der Waals surface area contributed by atoms with Crippen molar-refractivity contribution < 1.29 is 14.1 Å². The Balaban J connectivity index is 2.05. The van der Waals surface area contributed by atoms with Crippen LogP contribution in [0.5, 0.6) is 5.75 Å². The second kappa shape index (κ2) is 5.24. The minimum absolute atomic E-state index is 0.570. The molecule has 0 atom stereocenters. The van der Waals surface area contributed by atoms with Crippen molar-refractivity contribution in [3.05, 3.63) is 66.7 Å². The normalized spacial score (nSPS) is 11.0. The second-order valence-corrected chi connectivity index (χ2v) is 5.03. The summed E-state index contributed by atoms with van der Waals surface area (Å²) in [5.41, 5.74) is 3.88. The molecule has 0 amide bonds. The summed E-state index contributed by atoms with van der Waals surface area (Å²) in [4.78, 5) is 0. The molecule has 0 saturated carbocycles. The number of hydrogen-bond donors (Lipinski definition) is 1. The van der Waals surface area contributed by atoms with E-state index in [1.165, 1.54) is 0 Å². The smallest absolute Gasteiger partial charge is 0.537 e. The number of hydrogen-bond acceptors (Lipinski definition) is 3. The first-order valence-corrected chi connectivity index (χ1v) is 7.00. The molecule has 0 spiro atoms. The van der Waals surface area contributed by atoms with Crippen LogP contribution in [0.15, 0.2) is 71.1 Å². The maximum atomic E-state index is 8.82. The van der Waals surface area contributed by atoms with Gasteiger partial charge in [0.15, 0.2) is 0 Å². The fraction of sp³-hybridized carbons (Fsp3) is 0. The minimum atomic E-state index is 0.570. The van der Waals surface area contributed by atoms with Gasteiger partial charge in [-0.3, -0.25) is 0 Å². The summed E-state index contributed by atoms with van der Waals surface area (Å²) in [7, 11) is 0.682. The standard InChI is InChI=1S/C18H12BO3/c20-19-22-13-9-10-16-15(11-13)18-14(7-4-8-17(18)21-16)12-5-2-1-3-6-12/h1-11,20H. The summed E-state index contributed by atoms with van der Waals surface area (Å²) in [5.74, 6) is 0.570. The zero-order chi connectivity index (χ0) is 14.9. The van der Waals surface area contributed by atoms with E-state index in [2.05, 4.69) is 18.2 Å². The fourth-order valence-corrected chi connectivity index (χ4v) is 2.80. The molecule has 0 aliphatic rings. The molecule has 4 rings (SSSR count). The van der Waals surface area contributed by atoms with Crippen LogP contribution >= 0.6 is 0 Å². The van der Waals surface area contributed by atoms with Crippen LogP contribution in [0.4, 0.5) is 0 Å². The first-order chi connectivity index (χ1) is 10.9. The third-order valence-corrected chi connectivity index (χ3v) is 3.74. The van der Waals surface area contributed by atoms with Gasteiger partial charge in [0.25, 0.3) is 0 Å². The van der Waals surface area contributed by atoms with Crippen LogP contribution in [0.25, 0.3) is 33.1 Å². The van der Waals surface area contributed by atoms with Crippen LogP contribution < -0.4 is 4.65 Å². The third-order valence-electron chi connectivity index (χ3n) is 3.74. The molecule has 0 fully saturated rings. The number of benzene rings is 3. The Morgan fingerprint density at radius 1 is 0.864 bits per heavy atom. The Hall–Kier alpha value is -2.72. The quantitative estimate of drug-likeness (QED) is 0.575. The molecule has 4 aromatic rings. The SMILES string of the molecule is O[B]Oc1ccc2oc3cccc(-c4ccccc4)c3c2c1. The molecule has 0 saturated heterocycles. The molecule has 3 nitrogen and oxygen atoms in total. The van der Waals surface area contributed by atoms with Gasteiger partial charge in [-0.2, -0.15) is 0 Å². The highest BCUT2D eigenvalue weighted by molar-refractivity contribution is 6.18. The Morgan fingerprint density at radius 3 is 2.55 bits per heavy atom. The maximum absolute atomic E-state index is 8.82. The minimum Gasteiger partial charge on any atom is -0.537 e. The highest BCUT2D eigenvalue weighted by Gasteiger charge is 2.13. The molecule has 1 radical (unpaired) electrons. The van der Waals surface area contributed by atoms with Gasteiger partial charge in [0, 0.05) is 10.8 Å². The van der Waals surface area contributed by atoms with Crippen molar-refractivity contribution in [1.82, 2.24) is 0 Å². The van der Waals surface area contributed by atoms with E-state index in [4.69, 9.17) is 14.1 Å². The van der Waals surface area contributed by atoms with Crippen LogP contribution in [0.2, 0.25) is 0 Å². The Labute approximate surface area is 128 Å². The van der Waals surface area contributed by atoms with Crippen molar-refractivity contribution in [1.29, 1.82) is 0 Å². The number of furan rings is 1. The van der Waals surface area contributed by atoms with Crippen molar-refractivity contribution in [2.45, 2.75) is 0 Å². The third kappa shape index (κ3) is 2.05. The zero-order valence-electron chi connectivity index (χ0n) is 11.7. The van der Waals surface area contributed by atoms with Gasteiger partial charge in [-0.25, -0.2) is 0 Å². The van der Waals surface area contributed by atoms with E-state index < -0.39 is 0 Å². The van der Waals surface area contributed by atoms with Gasteiger partial charge in [-0.15, -0.1) is 0 Å². The second-order valence-electron chi connectivity index (χ2n) is 5.03. The summed E-state index contributed by atoms with van der Waals surface area (Å²) in [6.45, 7) is 0. The first kappa shape index (κ1) is 13.0. The highest BCUT2D eigenvalue weighted by atomic mass is 16.5. The molecular formula is C18H12BO3. The molecule has 0 bridgehead atoms. The van der Waals surface area contributed by atoms with Gasteiger partial charge in [-0.1, -0.05) is 42.5 Å². The van der Waals surface area contributed by atoms with Gasteiger partial charge in [0.05, 0.1) is 0 Å². The number of fused-ring (bicyclic) bond motifs is 3. The van der Waals surface area contributed by atoms with E-state index in [9.17, 15) is 0 Å². The average Bonchev–Trinajstić information content (AvgIpc) is 2.94. The van der Waals surface area contributed by atoms with Crippen molar-refractivity contribution in [3.8, 4) is 16.9 Å². The molecule has 0 aliphatic carbocycles. The van der Waals surface area contributed by atoms with Crippen molar-refractivity contribution in [3.63, 3.8) is 0 Å². The van der Waals surface area contributed by atoms with Gasteiger partial charge < -0.3 is 14.1 Å². The van der Waals surface area contributed by atoms with E-state index in [1.54, 1.807) is 6.07 Å². The summed E-state index contributed by atoms with van der Waals surface area (Å²) in [6, 6.07) is 21.7. The lowest BCUT2D eigenvalue weighted by Gasteiger charge is -2.04. The van der Waals surface area contributed by atoms with Gasteiger partial charge >= 0.3 is 7.69 Å². The largest absolute Gasteiger partial charge is 0.569 e.